The summed E-state index contributed by atoms with van der Waals surface area (Å²) >= 11 is 0. The van der Waals surface area contributed by atoms with Crippen LogP contribution in [0.3, 0.4) is 0 Å². The van der Waals surface area contributed by atoms with Gasteiger partial charge in [-0.05, 0) is 51.5 Å². The van der Waals surface area contributed by atoms with E-state index in [0.29, 0.717) is 22.9 Å². The molecule has 0 aliphatic carbocycles. The van der Waals surface area contributed by atoms with Crippen molar-refractivity contribution in [3.05, 3.63) is 47.5 Å². The average molecular weight is 354 g/mol. The first-order chi connectivity index (χ1) is 12.3. The molecule has 1 aliphatic rings. The van der Waals surface area contributed by atoms with Crippen molar-refractivity contribution in [3.8, 4) is 11.5 Å². The minimum absolute atomic E-state index is 0.163. The lowest BCUT2D eigenvalue weighted by Gasteiger charge is -2.23. The molecular formula is C20H22N2O4. The molecule has 6 heteroatoms. The number of hydrogen-bond donors (Lipinski definition) is 2. The molecule has 2 aromatic carbocycles. The molecule has 0 radical (unpaired) electrons. The molecule has 2 aromatic rings. The van der Waals surface area contributed by atoms with E-state index in [4.69, 9.17) is 9.47 Å². The van der Waals surface area contributed by atoms with Crippen molar-refractivity contribution in [2.24, 2.45) is 5.41 Å². The molecule has 2 amide bonds. The summed E-state index contributed by atoms with van der Waals surface area (Å²) in [5, 5.41) is 5.61. The second-order valence-corrected chi connectivity index (χ2v) is 6.92. The number of carbonyl (C=O) groups excluding carboxylic acids is 2. The number of amides is 2. The van der Waals surface area contributed by atoms with Gasteiger partial charge in [0.25, 0.3) is 0 Å². The van der Waals surface area contributed by atoms with Crippen LogP contribution >= 0.6 is 0 Å². The Bertz CT molecular complexity index is 874. The van der Waals surface area contributed by atoms with Crippen LogP contribution in [0.15, 0.2) is 36.4 Å². The fourth-order valence-corrected chi connectivity index (χ4v) is 2.60. The molecule has 136 valence electrons. The van der Waals surface area contributed by atoms with Gasteiger partial charge in [0.2, 0.25) is 18.6 Å². The molecule has 0 spiro atoms. The highest BCUT2D eigenvalue weighted by Crippen LogP contribution is 2.34. The number of ether oxygens (including phenoxy) is 2. The molecule has 0 aromatic heterocycles. The minimum Gasteiger partial charge on any atom is -0.454 e. The number of anilines is 2. The smallest absolute Gasteiger partial charge is 0.239 e. The van der Waals surface area contributed by atoms with Gasteiger partial charge in [-0.1, -0.05) is 17.7 Å². The van der Waals surface area contributed by atoms with Crippen molar-refractivity contribution < 1.29 is 19.1 Å². The van der Waals surface area contributed by atoms with E-state index in [1.807, 2.05) is 32.0 Å². The normalized spacial score (nSPS) is 12.6. The fraction of sp³-hybridized carbons (Fsp3) is 0.300. The van der Waals surface area contributed by atoms with Gasteiger partial charge in [0, 0.05) is 17.4 Å². The van der Waals surface area contributed by atoms with Gasteiger partial charge >= 0.3 is 0 Å². The van der Waals surface area contributed by atoms with Crippen LogP contribution in [0.4, 0.5) is 11.4 Å². The SMILES string of the molecule is Cc1ccc(NC(=O)C(C)(C)C(=O)Nc2ccc3c(c2)OCO3)c(C)c1. The standard InChI is InChI=1S/C20H22N2O4/c1-12-5-7-15(13(2)9-12)22-19(24)20(3,4)18(23)21-14-6-8-16-17(10-14)26-11-25-16/h5-10H,11H2,1-4H3,(H,21,23)(H,22,24). The molecular weight excluding hydrogens is 332 g/mol. The van der Waals surface area contributed by atoms with Gasteiger partial charge < -0.3 is 20.1 Å². The van der Waals surface area contributed by atoms with Crippen LogP contribution in [0.2, 0.25) is 0 Å². The highest BCUT2D eigenvalue weighted by atomic mass is 16.7. The van der Waals surface area contributed by atoms with Crippen LogP contribution in [0.25, 0.3) is 0 Å². The van der Waals surface area contributed by atoms with Gasteiger partial charge in [0.1, 0.15) is 5.41 Å². The maximum Gasteiger partial charge on any atom is 0.239 e. The Balaban J connectivity index is 1.71. The van der Waals surface area contributed by atoms with E-state index >= 15 is 0 Å². The monoisotopic (exact) mass is 354 g/mol. The third kappa shape index (κ3) is 3.49. The second kappa shape index (κ2) is 6.71. The van der Waals surface area contributed by atoms with Gasteiger partial charge in [-0.25, -0.2) is 0 Å². The predicted octanol–water partition coefficient (Wildman–Crippen LogP) is 3.64. The van der Waals surface area contributed by atoms with E-state index in [-0.39, 0.29) is 12.7 Å². The van der Waals surface area contributed by atoms with Crippen LogP contribution in [-0.2, 0) is 9.59 Å². The molecule has 2 N–H and O–H groups in total. The van der Waals surface area contributed by atoms with Crippen LogP contribution in [0.5, 0.6) is 11.5 Å². The third-order valence-electron chi connectivity index (χ3n) is 4.40. The predicted molar refractivity (Wildman–Crippen MR) is 99.5 cm³/mol. The number of hydrogen-bond acceptors (Lipinski definition) is 4. The summed E-state index contributed by atoms with van der Waals surface area (Å²) in [4.78, 5) is 25.3. The largest absolute Gasteiger partial charge is 0.454 e. The van der Waals surface area contributed by atoms with E-state index in [0.717, 1.165) is 11.1 Å². The zero-order valence-corrected chi connectivity index (χ0v) is 15.3. The van der Waals surface area contributed by atoms with E-state index in [2.05, 4.69) is 10.6 Å². The number of nitrogens with one attached hydrogen (secondary N) is 2. The Hall–Kier alpha value is -3.02. The van der Waals surface area contributed by atoms with E-state index < -0.39 is 11.3 Å². The van der Waals surface area contributed by atoms with Gasteiger partial charge in [0.15, 0.2) is 11.5 Å². The molecule has 0 atom stereocenters. The summed E-state index contributed by atoms with van der Waals surface area (Å²) in [5.41, 5.74) is 2.05. The van der Waals surface area contributed by atoms with Gasteiger partial charge in [-0.3, -0.25) is 9.59 Å². The molecule has 26 heavy (non-hydrogen) atoms. The lowest BCUT2D eigenvalue weighted by molar-refractivity contribution is -0.135. The highest BCUT2D eigenvalue weighted by Gasteiger charge is 2.36. The van der Waals surface area contributed by atoms with Crippen molar-refractivity contribution in [3.63, 3.8) is 0 Å². The summed E-state index contributed by atoms with van der Waals surface area (Å²) in [6, 6.07) is 10.9. The lowest BCUT2D eigenvalue weighted by atomic mass is 9.90. The third-order valence-corrected chi connectivity index (χ3v) is 4.40. The summed E-state index contributed by atoms with van der Waals surface area (Å²) in [7, 11) is 0. The summed E-state index contributed by atoms with van der Waals surface area (Å²) in [5.74, 6) is 0.427. The van der Waals surface area contributed by atoms with Crippen molar-refractivity contribution in [1.82, 2.24) is 0 Å². The first kappa shape index (κ1) is 17.8. The zero-order chi connectivity index (χ0) is 18.9. The van der Waals surface area contributed by atoms with Crippen LogP contribution < -0.4 is 20.1 Å². The van der Waals surface area contributed by atoms with Crippen molar-refractivity contribution in [1.29, 1.82) is 0 Å². The molecule has 0 unspecified atom stereocenters. The molecule has 1 heterocycles. The number of rotatable bonds is 4. The first-order valence-electron chi connectivity index (χ1n) is 8.37. The van der Waals surface area contributed by atoms with Crippen LogP contribution in [-0.4, -0.2) is 18.6 Å². The zero-order valence-electron chi connectivity index (χ0n) is 15.3. The molecule has 3 rings (SSSR count). The highest BCUT2D eigenvalue weighted by molar-refractivity contribution is 6.14. The molecule has 0 fully saturated rings. The fourth-order valence-electron chi connectivity index (χ4n) is 2.60. The van der Waals surface area contributed by atoms with E-state index in [9.17, 15) is 9.59 Å². The second-order valence-electron chi connectivity index (χ2n) is 6.92. The Kier molecular flexibility index (Phi) is 4.59. The Morgan fingerprint density at radius 3 is 2.35 bits per heavy atom. The number of carbonyl (C=O) groups is 2. The van der Waals surface area contributed by atoms with Crippen molar-refractivity contribution in [2.75, 3.05) is 17.4 Å². The minimum atomic E-state index is -1.26. The van der Waals surface area contributed by atoms with Crippen LogP contribution in [0.1, 0.15) is 25.0 Å². The Morgan fingerprint density at radius 2 is 1.62 bits per heavy atom. The first-order valence-corrected chi connectivity index (χ1v) is 8.37. The van der Waals surface area contributed by atoms with E-state index in [1.54, 1.807) is 32.0 Å². The molecule has 0 bridgehead atoms. The lowest BCUT2D eigenvalue weighted by Crippen LogP contribution is -2.41. The Morgan fingerprint density at radius 1 is 0.923 bits per heavy atom. The average Bonchev–Trinajstić information content (AvgIpc) is 3.04. The van der Waals surface area contributed by atoms with E-state index in [1.165, 1.54) is 0 Å². The summed E-state index contributed by atoms with van der Waals surface area (Å²) in [6.07, 6.45) is 0. The molecule has 0 saturated heterocycles. The maximum atomic E-state index is 12.7. The molecule has 6 nitrogen and oxygen atoms in total. The van der Waals surface area contributed by atoms with Gasteiger partial charge in [-0.15, -0.1) is 0 Å². The maximum absolute atomic E-state index is 12.7. The quantitative estimate of drug-likeness (QED) is 0.822. The summed E-state index contributed by atoms with van der Waals surface area (Å²) in [6.45, 7) is 7.25. The molecule has 1 aliphatic heterocycles. The van der Waals surface area contributed by atoms with Crippen LogP contribution in [0, 0.1) is 19.3 Å². The number of aryl methyl sites for hydroxylation is 2. The number of benzene rings is 2. The van der Waals surface area contributed by atoms with Crippen molar-refractivity contribution in [2.45, 2.75) is 27.7 Å². The summed E-state index contributed by atoms with van der Waals surface area (Å²) < 4.78 is 10.6. The van der Waals surface area contributed by atoms with Crippen molar-refractivity contribution >= 4 is 23.2 Å². The Labute approximate surface area is 152 Å². The molecule has 0 saturated carbocycles. The topological polar surface area (TPSA) is 76.7 Å². The number of fused-ring (bicyclic) bond motifs is 1. The van der Waals surface area contributed by atoms with Gasteiger partial charge in [-0.2, -0.15) is 0 Å². The van der Waals surface area contributed by atoms with Gasteiger partial charge in [0.05, 0.1) is 0 Å².